The molecule has 100 valence electrons. The highest BCUT2D eigenvalue weighted by Crippen LogP contribution is 2.23. The van der Waals surface area contributed by atoms with Crippen LogP contribution in [-0.4, -0.2) is 19.3 Å². The van der Waals surface area contributed by atoms with Crippen LogP contribution in [0.15, 0.2) is 42.5 Å². The molecule has 2 aromatic rings. The molecule has 1 aliphatic heterocycles. The molecule has 0 amide bonds. The molecule has 0 aliphatic carbocycles. The van der Waals surface area contributed by atoms with Gasteiger partial charge in [-0.05, 0) is 37.1 Å². The van der Waals surface area contributed by atoms with Gasteiger partial charge in [-0.25, -0.2) is 0 Å². The largest absolute Gasteiger partial charge is 0.385 e. The summed E-state index contributed by atoms with van der Waals surface area (Å²) in [6, 6.07) is 15.0. The summed E-state index contributed by atoms with van der Waals surface area (Å²) >= 11 is 0. The third-order valence-corrected chi connectivity index (χ3v) is 3.83. The van der Waals surface area contributed by atoms with Crippen LogP contribution < -0.4 is 5.32 Å². The summed E-state index contributed by atoms with van der Waals surface area (Å²) in [5.41, 5.74) is 1.24. The van der Waals surface area contributed by atoms with Crippen molar-refractivity contribution in [3.05, 3.63) is 42.5 Å². The van der Waals surface area contributed by atoms with Gasteiger partial charge in [0.1, 0.15) is 0 Å². The van der Waals surface area contributed by atoms with Gasteiger partial charge in [0.15, 0.2) is 0 Å². The van der Waals surface area contributed by atoms with Crippen molar-refractivity contribution in [3.63, 3.8) is 0 Å². The Morgan fingerprint density at radius 2 is 2.00 bits per heavy atom. The number of anilines is 1. The fraction of sp³-hybridized carbons (Fsp3) is 0.412. The van der Waals surface area contributed by atoms with E-state index in [2.05, 4.69) is 47.8 Å². The fourth-order valence-electron chi connectivity index (χ4n) is 2.80. The van der Waals surface area contributed by atoms with Gasteiger partial charge in [0.25, 0.3) is 0 Å². The molecule has 1 aliphatic rings. The van der Waals surface area contributed by atoms with Gasteiger partial charge in [0, 0.05) is 24.2 Å². The second kappa shape index (κ2) is 6.07. The van der Waals surface area contributed by atoms with Gasteiger partial charge >= 0.3 is 0 Å². The predicted octanol–water partition coefficient (Wildman–Crippen LogP) is 4.21. The predicted molar refractivity (Wildman–Crippen MR) is 80.6 cm³/mol. The fourth-order valence-corrected chi connectivity index (χ4v) is 2.80. The number of nitrogens with one attached hydrogen (secondary N) is 1. The van der Waals surface area contributed by atoms with Crippen molar-refractivity contribution >= 4 is 16.5 Å². The van der Waals surface area contributed by atoms with Gasteiger partial charge in [-0.15, -0.1) is 0 Å². The molecule has 0 spiro atoms. The Balaban J connectivity index is 1.56. The van der Waals surface area contributed by atoms with Gasteiger partial charge in [0.05, 0.1) is 6.10 Å². The highest BCUT2D eigenvalue weighted by atomic mass is 16.5. The molecule has 1 atom stereocenters. The number of benzene rings is 2. The lowest BCUT2D eigenvalue weighted by Crippen LogP contribution is -2.09. The SMILES string of the molecule is c1ccc2c(NCCCC3CCCO3)cccc2c1. The molecule has 1 unspecified atom stereocenters. The molecular weight excluding hydrogens is 234 g/mol. The lowest BCUT2D eigenvalue weighted by molar-refractivity contribution is 0.103. The van der Waals surface area contributed by atoms with Gasteiger partial charge in [-0.2, -0.15) is 0 Å². The van der Waals surface area contributed by atoms with Crippen LogP contribution in [-0.2, 0) is 4.74 Å². The van der Waals surface area contributed by atoms with Gasteiger partial charge in [-0.1, -0.05) is 36.4 Å². The van der Waals surface area contributed by atoms with E-state index < -0.39 is 0 Å². The van der Waals surface area contributed by atoms with Crippen LogP contribution in [0, 0.1) is 0 Å². The monoisotopic (exact) mass is 255 g/mol. The summed E-state index contributed by atoms with van der Waals surface area (Å²) in [6.45, 7) is 1.98. The van der Waals surface area contributed by atoms with E-state index in [1.165, 1.54) is 42.1 Å². The molecule has 2 aromatic carbocycles. The summed E-state index contributed by atoms with van der Waals surface area (Å²) in [7, 11) is 0. The lowest BCUT2D eigenvalue weighted by atomic mass is 10.1. The van der Waals surface area contributed by atoms with Crippen LogP contribution in [0.3, 0.4) is 0 Å². The van der Waals surface area contributed by atoms with E-state index in [9.17, 15) is 0 Å². The van der Waals surface area contributed by atoms with Gasteiger partial charge in [-0.3, -0.25) is 0 Å². The van der Waals surface area contributed by atoms with Crippen molar-refractivity contribution < 1.29 is 4.74 Å². The number of rotatable bonds is 5. The van der Waals surface area contributed by atoms with E-state index in [0.717, 1.165) is 13.2 Å². The van der Waals surface area contributed by atoms with Crippen molar-refractivity contribution in [2.24, 2.45) is 0 Å². The molecule has 2 heteroatoms. The van der Waals surface area contributed by atoms with Crippen molar-refractivity contribution in [1.29, 1.82) is 0 Å². The molecule has 3 rings (SSSR count). The van der Waals surface area contributed by atoms with Crippen LogP contribution in [0.25, 0.3) is 10.8 Å². The zero-order chi connectivity index (χ0) is 12.9. The topological polar surface area (TPSA) is 21.3 Å². The molecule has 0 radical (unpaired) electrons. The van der Waals surface area contributed by atoms with Crippen molar-refractivity contribution in [2.45, 2.75) is 31.8 Å². The Labute approximate surface area is 114 Å². The summed E-state index contributed by atoms with van der Waals surface area (Å²) in [6.07, 6.45) is 5.34. The minimum Gasteiger partial charge on any atom is -0.385 e. The Kier molecular flexibility index (Phi) is 3.99. The molecule has 0 aromatic heterocycles. The van der Waals surface area contributed by atoms with Crippen LogP contribution in [0.4, 0.5) is 5.69 Å². The minimum absolute atomic E-state index is 0.509. The molecule has 0 bridgehead atoms. The first-order valence-corrected chi connectivity index (χ1v) is 7.27. The maximum atomic E-state index is 5.65. The highest BCUT2D eigenvalue weighted by molar-refractivity contribution is 5.93. The summed E-state index contributed by atoms with van der Waals surface area (Å²) < 4.78 is 5.65. The Bertz CT molecular complexity index is 526. The van der Waals surface area contributed by atoms with Crippen LogP contribution in [0.2, 0.25) is 0 Å². The Morgan fingerprint density at radius 1 is 1.11 bits per heavy atom. The summed E-state index contributed by atoms with van der Waals surface area (Å²) in [4.78, 5) is 0. The number of hydrogen-bond acceptors (Lipinski definition) is 2. The minimum atomic E-state index is 0.509. The quantitative estimate of drug-likeness (QED) is 0.808. The van der Waals surface area contributed by atoms with Crippen molar-refractivity contribution in [1.82, 2.24) is 0 Å². The van der Waals surface area contributed by atoms with Gasteiger partial charge < -0.3 is 10.1 Å². The number of ether oxygens (including phenoxy) is 1. The molecule has 0 saturated carbocycles. The molecular formula is C17H21NO. The van der Waals surface area contributed by atoms with Gasteiger partial charge in [0.2, 0.25) is 0 Å². The number of hydrogen-bond donors (Lipinski definition) is 1. The molecule has 2 nitrogen and oxygen atoms in total. The third-order valence-electron chi connectivity index (χ3n) is 3.83. The second-order valence-corrected chi connectivity index (χ2v) is 5.23. The molecule has 19 heavy (non-hydrogen) atoms. The van der Waals surface area contributed by atoms with E-state index in [4.69, 9.17) is 4.74 Å². The first-order valence-electron chi connectivity index (χ1n) is 7.27. The van der Waals surface area contributed by atoms with Crippen LogP contribution >= 0.6 is 0 Å². The standard InChI is InChI=1S/C17H21NO/c1-2-10-16-14(6-1)7-3-11-17(16)18-12-4-8-15-9-5-13-19-15/h1-3,6-7,10-11,15,18H,4-5,8-9,12-13H2. The lowest BCUT2D eigenvalue weighted by Gasteiger charge is -2.12. The van der Waals surface area contributed by atoms with Crippen molar-refractivity contribution in [2.75, 3.05) is 18.5 Å². The van der Waals surface area contributed by atoms with E-state index in [-0.39, 0.29) is 0 Å². The smallest absolute Gasteiger partial charge is 0.0576 e. The average Bonchev–Trinajstić information content (AvgIpc) is 2.97. The third kappa shape index (κ3) is 3.07. The van der Waals surface area contributed by atoms with E-state index in [1.807, 2.05) is 0 Å². The van der Waals surface area contributed by atoms with E-state index in [0.29, 0.717) is 6.10 Å². The molecule has 1 saturated heterocycles. The zero-order valence-electron chi connectivity index (χ0n) is 11.3. The first kappa shape index (κ1) is 12.5. The molecule has 1 fully saturated rings. The Hall–Kier alpha value is -1.54. The maximum absolute atomic E-state index is 5.65. The summed E-state index contributed by atoms with van der Waals surface area (Å²) in [5, 5.41) is 6.16. The Morgan fingerprint density at radius 3 is 2.89 bits per heavy atom. The van der Waals surface area contributed by atoms with Crippen LogP contribution in [0.1, 0.15) is 25.7 Å². The van der Waals surface area contributed by atoms with E-state index >= 15 is 0 Å². The zero-order valence-corrected chi connectivity index (χ0v) is 11.3. The molecule has 1 heterocycles. The normalized spacial score (nSPS) is 18.8. The average molecular weight is 255 g/mol. The number of fused-ring (bicyclic) bond motifs is 1. The molecule has 1 N–H and O–H groups in total. The summed E-state index contributed by atoms with van der Waals surface area (Å²) in [5.74, 6) is 0. The van der Waals surface area contributed by atoms with Crippen molar-refractivity contribution in [3.8, 4) is 0 Å². The maximum Gasteiger partial charge on any atom is 0.0576 e. The second-order valence-electron chi connectivity index (χ2n) is 5.23. The first-order chi connectivity index (χ1) is 9.43. The van der Waals surface area contributed by atoms with Crippen LogP contribution in [0.5, 0.6) is 0 Å². The highest BCUT2D eigenvalue weighted by Gasteiger charge is 2.14. The van der Waals surface area contributed by atoms with E-state index in [1.54, 1.807) is 0 Å².